The van der Waals surface area contributed by atoms with Crippen molar-refractivity contribution in [3.8, 4) is 0 Å². The summed E-state index contributed by atoms with van der Waals surface area (Å²) in [5.74, 6) is -0.505. The minimum atomic E-state index is -1.00. The molecule has 0 amide bonds. The lowest BCUT2D eigenvalue weighted by Gasteiger charge is -1.97. The third kappa shape index (κ3) is 3.61. The molecule has 0 aliphatic heterocycles. The van der Waals surface area contributed by atoms with Gasteiger partial charge in [0, 0.05) is 12.5 Å². The molecule has 0 bridgehead atoms. The molecule has 0 fully saturated rings. The van der Waals surface area contributed by atoms with Gasteiger partial charge in [-0.25, -0.2) is 4.79 Å². The van der Waals surface area contributed by atoms with Crippen LogP contribution in [0.2, 0.25) is 0 Å². The maximum absolute atomic E-state index is 10.5. The van der Waals surface area contributed by atoms with Crippen molar-refractivity contribution in [2.75, 3.05) is 0 Å². The standard InChI is InChI=1S/C11H12O5/c1-7(11(13)14)5-9-3-4-10(16-9)6-15-8(2)12/h3-5H,6H2,1-2H3,(H,13,14)/b7-5+. The van der Waals surface area contributed by atoms with E-state index in [4.69, 9.17) is 14.3 Å². The SMILES string of the molecule is CC(=O)OCc1ccc(/C=C(\C)C(=O)O)o1. The smallest absolute Gasteiger partial charge is 0.331 e. The van der Waals surface area contributed by atoms with E-state index in [1.807, 2.05) is 0 Å². The number of carbonyl (C=O) groups is 2. The molecule has 0 saturated heterocycles. The maximum atomic E-state index is 10.5. The summed E-state index contributed by atoms with van der Waals surface area (Å²) in [6.07, 6.45) is 1.40. The Balaban J connectivity index is 2.68. The molecule has 0 spiro atoms. The molecule has 0 unspecified atom stereocenters. The van der Waals surface area contributed by atoms with Crippen LogP contribution in [-0.4, -0.2) is 17.0 Å². The quantitative estimate of drug-likeness (QED) is 0.623. The number of furan rings is 1. The van der Waals surface area contributed by atoms with Gasteiger partial charge in [0.05, 0.1) is 0 Å². The Morgan fingerprint density at radius 1 is 1.44 bits per heavy atom. The second-order valence-electron chi connectivity index (χ2n) is 3.22. The van der Waals surface area contributed by atoms with E-state index in [1.54, 1.807) is 12.1 Å². The molecule has 0 aromatic carbocycles. The van der Waals surface area contributed by atoms with Crippen LogP contribution >= 0.6 is 0 Å². The number of hydrogen-bond acceptors (Lipinski definition) is 4. The normalized spacial score (nSPS) is 11.2. The Morgan fingerprint density at radius 3 is 2.69 bits per heavy atom. The fraction of sp³-hybridized carbons (Fsp3) is 0.273. The van der Waals surface area contributed by atoms with Gasteiger partial charge < -0.3 is 14.3 Å². The highest BCUT2D eigenvalue weighted by Crippen LogP contribution is 2.13. The van der Waals surface area contributed by atoms with Crippen LogP contribution in [-0.2, 0) is 20.9 Å². The molecule has 5 nitrogen and oxygen atoms in total. The number of aliphatic carboxylic acids is 1. The Bertz CT molecular complexity index is 427. The van der Waals surface area contributed by atoms with Crippen LogP contribution in [0, 0.1) is 0 Å². The van der Waals surface area contributed by atoms with Crippen molar-refractivity contribution >= 4 is 18.0 Å². The summed E-state index contributed by atoms with van der Waals surface area (Å²) in [5, 5.41) is 8.65. The molecule has 16 heavy (non-hydrogen) atoms. The highest BCUT2D eigenvalue weighted by atomic mass is 16.5. The van der Waals surface area contributed by atoms with Crippen molar-refractivity contribution in [1.29, 1.82) is 0 Å². The van der Waals surface area contributed by atoms with Gasteiger partial charge >= 0.3 is 11.9 Å². The Kier molecular flexibility index (Phi) is 3.88. The average Bonchev–Trinajstić information content (AvgIpc) is 2.62. The van der Waals surface area contributed by atoms with Crippen molar-refractivity contribution in [1.82, 2.24) is 0 Å². The first-order chi connectivity index (χ1) is 7.49. The molecule has 0 aliphatic carbocycles. The Labute approximate surface area is 92.3 Å². The van der Waals surface area contributed by atoms with E-state index < -0.39 is 11.9 Å². The summed E-state index contributed by atoms with van der Waals surface area (Å²) in [7, 11) is 0. The van der Waals surface area contributed by atoms with Gasteiger partial charge in [-0.2, -0.15) is 0 Å². The molecule has 1 N–H and O–H groups in total. The zero-order valence-electron chi connectivity index (χ0n) is 9.02. The van der Waals surface area contributed by atoms with Gasteiger partial charge in [-0.3, -0.25) is 4.79 Å². The predicted octanol–water partition coefficient (Wildman–Crippen LogP) is 1.83. The summed E-state index contributed by atoms with van der Waals surface area (Å²) in [6, 6.07) is 3.25. The van der Waals surface area contributed by atoms with E-state index in [2.05, 4.69) is 0 Å². The second kappa shape index (κ2) is 5.16. The highest BCUT2D eigenvalue weighted by molar-refractivity contribution is 5.90. The lowest BCUT2D eigenvalue weighted by Crippen LogP contribution is -1.97. The third-order valence-corrected chi connectivity index (χ3v) is 1.80. The molecule has 0 saturated carbocycles. The van der Waals surface area contributed by atoms with Crippen molar-refractivity contribution in [2.45, 2.75) is 20.5 Å². The molecule has 1 aromatic rings. The molecule has 86 valence electrons. The number of esters is 1. The average molecular weight is 224 g/mol. The van der Waals surface area contributed by atoms with Crippen molar-refractivity contribution in [2.24, 2.45) is 0 Å². The number of carbonyl (C=O) groups excluding carboxylic acids is 1. The van der Waals surface area contributed by atoms with Crippen LogP contribution in [0.3, 0.4) is 0 Å². The first kappa shape index (κ1) is 12.0. The maximum Gasteiger partial charge on any atom is 0.331 e. The fourth-order valence-electron chi connectivity index (χ4n) is 0.998. The Hall–Kier alpha value is -2.04. The minimum absolute atomic E-state index is 0.0509. The van der Waals surface area contributed by atoms with E-state index >= 15 is 0 Å². The number of hydrogen-bond donors (Lipinski definition) is 1. The number of rotatable bonds is 4. The van der Waals surface area contributed by atoms with Crippen LogP contribution in [0.5, 0.6) is 0 Å². The zero-order valence-corrected chi connectivity index (χ0v) is 9.02. The molecule has 0 radical (unpaired) electrons. The Morgan fingerprint density at radius 2 is 2.12 bits per heavy atom. The summed E-state index contributed by atoms with van der Waals surface area (Å²) < 4.78 is 9.96. The number of carboxylic acid groups (broad SMARTS) is 1. The molecule has 5 heteroatoms. The van der Waals surface area contributed by atoms with Gasteiger partial charge in [0.25, 0.3) is 0 Å². The summed E-state index contributed by atoms with van der Waals surface area (Å²) >= 11 is 0. The third-order valence-electron chi connectivity index (χ3n) is 1.80. The van der Waals surface area contributed by atoms with Crippen LogP contribution in [0.15, 0.2) is 22.1 Å². The first-order valence-corrected chi connectivity index (χ1v) is 4.62. The van der Waals surface area contributed by atoms with Crippen molar-refractivity contribution in [3.05, 3.63) is 29.2 Å². The first-order valence-electron chi connectivity index (χ1n) is 4.62. The zero-order chi connectivity index (χ0) is 12.1. The largest absolute Gasteiger partial charge is 0.478 e. The lowest BCUT2D eigenvalue weighted by atomic mass is 10.2. The highest BCUT2D eigenvalue weighted by Gasteiger charge is 2.05. The topological polar surface area (TPSA) is 76.7 Å². The summed E-state index contributed by atoms with van der Waals surface area (Å²) in [5.41, 5.74) is 0.174. The molecule has 1 aromatic heterocycles. The van der Waals surface area contributed by atoms with Crippen LogP contribution < -0.4 is 0 Å². The van der Waals surface area contributed by atoms with Gasteiger partial charge in [0.1, 0.15) is 18.1 Å². The second-order valence-corrected chi connectivity index (χ2v) is 3.22. The van der Waals surface area contributed by atoms with E-state index in [1.165, 1.54) is 19.9 Å². The van der Waals surface area contributed by atoms with Gasteiger partial charge in [0.15, 0.2) is 0 Å². The molecule has 0 aliphatic rings. The van der Waals surface area contributed by atoms with E-state index in [0.717, 1.165) is 0 Å². The minimum Gasteiger partial charge on any atom is -0.478 e. The van der Waals surface area contributed by atoms with E-state index in [9.17, 15) is 9.59 Å². The van der Waals surface area contributed by atoms with Crippen molar-refractivity contribution < 1.29 is 23.8 Å². The van der Waals surface area contributed by atoms with Crippen molar-refractivity contribution in [3.63, 3.8) is 0 Å². The monoisotopic (exact) mass is 224 g/mol. The lowest BCUT2D eigenvalue weighted by molar-refractivity contribution is -0.142. The molecule has 0 atom stereocenters. The summed E-state index contributed by atoms with van der Waals surface area (Å²) in [6.45, 7) is 2.82. The van der Waals surface area contributed by atoms with Crippen LogP contribution in [0.1, 0.15) is 25.4 Å². The molecule has 1 rings (SSSR count). The van der Waals surface area contributed by atoms with Gasteiger partial charge in [-0.05, 0) is 25.1 Å². The molecular formula is C11H12O5. The van der Waals surface area contributed by atoms with Gasteiger partial charge in [-0.1, -0.05) is 0 Å². The van der Waals surface area contributed by atoms with Crippen LogP contribution in [0.25, 0.3) is 6.08 Å². The van der Waals surface area contributed by atoms with Gasteiger partial charge in [0.2, 0.25) is 0 Å². The number of ether oxygens (including phenoxy) is 1. The predicted molar refractivity (Wildman–Crippen MR) is 55.5 cm³/mol. The van der Waals surface area contributed by atoms with E-state index in [0.29, 0.717) is 11.5 Å². The molecule has 1 heterocycles. The van der Waals surface area contributed by atoms with E-state index in [-0.39, 0.29) is 12.2 Å². The molecular weight excluding hydrogens is 212 g/mol. The fourth-order valence-corrected chi connectivity index (χ4v) is 0.998. The van der Waals surface area contributed by atoms with Gasteiger partial charge in [-0.15, -0.1) is 0 Å². The summed E-state index contributed by atoms with van der Waals surface area (Å²) in [4.78, 5) is 21.1. The van der Waals surface area contributed by atoms with Crippen LogP contribution in [0.4, 0.5) is 0 Å². The number of carboxylic acids is 1.